The largest absolute Gasteiger partial charge is 0.408 e. The Kier molecular flexibility index (Phi) is 4.18. The minimum atomic E-state index is -3.41. The fraction of sp³-hybridized carbons (Fsp3) is 0.800. The molecule has 0 aromatic carbocycles. The molecule has 1 aromatic heterocycles. The van der Waals surface area contributed by atoms with Gasteiger partial charge >= 0.3 is 6.01 Å². The van der Waals surface area contributed by atoms with Crippen molar-refractivity contribution >= 4 is 16.0 Å². The highest BCUT2D eigenvalue weighted by atomic mass is 32.2. The van der Waals surface area contributed by atoms with E-state index in [1.54, 1.807) is 6.92 Å². The third-order valence-electron chi connectivity index (χ3n) is 2.92. The van der Waals surface area contributed by atoms with Gasteiger partial charge in [-0.25, -0.2) is 13.1 Å². The van der Waals surface area contributed by atoms with E-state index in [9.17, 15) is 8.42 Å². The lowest BCUT2D eigenvalue weighted by Gasteiger charge is -2.23. The smallest absolute Gasteiger partial charge is 0.329 e. The predicted molar refractivity (Wildman–Crippen MR) is 66.7 cm³/mol. The number of nitrogens with one attached hydrogen (secondary N) is 2. The van der Waals surface area contributed by atoms with Gasteiger partial charge in [-0.05, 0) is 25.8 Å². The van der Waals surface area contributed by atoms with Gasteiger partial charge in [-0.1, -0.05) is 11.5 Å². The zero-order valence-electron chi connectivity index (χ0n) is 10.3. The first-order valence-corrected chi connectivity index (χ1v) is 7.74. The van der Waals surface area contributed by atoms with E-state index < -0.39 is 10.0 Å². The molecule has 0 aliphatic carbocycles. The topological polar surface area (TPSA) is 97.1 Å². The van der Waals surface area contributed by atoms with Gasteiger partial charge in [0.15, 0.2) is 0 Å². The molecule has 0 bridgehead atoms. The number of nitrogens with zero attached hydrogens (tertiary/aromatic N) is 2. The van der Waals surface area contributed by atoms with Crippen LogP contribution in [0.1, 0.15) is 31.6 Å². The van der Waals surface area contributed by atoms with Crippen LogP contribution in [0.5, 0.6) is 0 Å². The Morgan fingerprint density at radius 3 is 2.89 bits per heavy atom. The average molecular weight is 274 g/mol. The summed E-state index contributed by atoms with van der Waals surface area (Å²) in [6, 6.07) is 0.226. The molecule has 1 unspecified atom stereocenters. The van der Waals surface area contributed by atoms with Gasteiger partial charge in [-0.3, -0.25) is 0 Å². The molecule has 102 valence electrons. The van der Waals surface area contributed by atoms with Crippen LogP contribution < -0.4 is 10.0 Å². The summed E-state index contributed by atoms with van der Waals surface area (Å²) in [6.45, 7) is 2.58. The first-order chi connectivity index (χ1) is 8.55. The average Bonchev–Trinajstić information content (AvgIpc) is 2.73. The van der Waals surface area contributed by atoms with Crippen LogP contribution in [0.2, 0.25) is 0 Å². The number of hydrogen-bond donors (Lipinski definition) is 2. The maximum absolute atomic E-state index is 11.8. The Bertz CT molecular complexity index is 479. The fourth-order valence-electron chi connectivity index (χ4n) is 1.99. The third-order valence-corrected chi connectivity index (χ3v) is 4.18. The van der Waals surface area contributed by atoms with Gasteiger partial charge in [0.1, 0.15) is 0 Å². The normalized spacial score (nSPS) is 20.8. The molecule has 18 heavy (non-hydrogen) atoms. The lowest BCUT2D eigenvalue weighted by molar-refractivity contribution is 0.393. The quantitative estimate of drug-likeness (QED) is 0.818. The lowest BCUT2D eigenvalue weighted by atomic mass is 10.0. The van der Waals surface area contributed by atoms with E-state index in [1.807, 2.05) is 0 Å². The monoisotopic (exact) mass is 274 g/mol. The molecule has 1 atom stereocenters. The second kappa shape index (κ2) is 5.66. The fourth-order valence-corrected chi connectivity index (χ4v) is 3.04. The molecule has 0 amide bonds. The number of aromatic nitrogens is 2. The van der Waals surface area contributed by atoms with E-state index in [4.69, 9.17) is 4.42 Å². The van der Waals surface area contributed by atoms with Crippen LogP contribution in [-0.2, 0) is 10.0 Å². The van der Waals surface area contributed by atoms with Gasteiger partial charge in [-0.15, -0.1) is 5.10 Å². The Labute approximate surface area is 106 Å². The second-order valence-corrected chi connectivity index (χ2v) is 6.32. The summed E-state index contributed by atoms with van der Waals surface area (Å²) in [7, 11) is -3.41. The maximum Gasteiger partial charge on any atom is 0.329 e. The maximum atomic E-state index is 11.8. The van der Waals surface area contributed by atoms with Crippen LogP contribution in [0.4, 0.5) is 6.01 Å². The molecule has 2 rings (SSSR count). The van der Waals surface area contributed by atoms with Gasteiger partial charge in [0.25, 0.3) is 0 Å². The standard InChI is InChI=1S/C10H18N4O3S/c1-8-12-13-10(17-8)14-18(15,16)7-5-9-4-2-3-6-11-9/h9,11H,2-7H2,1H3,(H,13,14). The number of hydrogen-bond acceptors (Lipinski definition) is 6. The molecule has 0 spiro atoms. The number of rotatable bonds is 5. The van der Waals surface area contributed by atoms with Gasteiger partial charge in [0.2, 0.25) is 15.9 Å². The van der Waals surface area contributed by atoms with Crippen LogP contribution in [0, 0.1) is 6.92 Å². The molecular formula is C10H18N4O3S. The van der Waals surface area contributed by atoms with Crippen molar-refractivity contribution in [1.82, 2.24) is 15.5 Å². The first kappa shape index (κ1) is 13.3. The zero-order valence-corrected chi connectivity index (χ0v) is 11.2. The minimum Gasteiger partial charge on any atom is -0.408 e. The highest BCUT2D eigenvalue weighted by molar-refractivity contribution is 7.92. The van der Waals surface area contributed by atoms with Gasteiger partial charge in [0, 0.05) is 13.0 Å². The van der Waals surface area contributed by atoms with Crippen LogP contribution in [0.15, 0.2) is 4.42 Å². The summed E-state index contributed by atoms with van der Waals surface area (Å²) in [5.74, 6) is 0.396. The van der Waals surface area contributed by atoms with Crippen molar-refractivity contribution in [2.75, 3.05) is 17.0 Å². The molecule has 1 aromatic rings. The van der Waals surface area contributed by atoms with Crippen molar-refractivity contribution in [2.24, 2.45) is 0 Å². The Balaban J connectivity index is 1.83. The molecule has 0 saturated carbocycles. The molecule has 7 nitrogen and oxygen atoms in total. The molecule has 1 saturated heterocycles. The Morgan fingerprint density at radius 1 is 1.44 bits per heavy atom. The van der Waals surface area contributed by atoms with Crippen LogP contribution >= 0.6 is 0 Å². The summed E-state index contributed by atoms with van der Waals surface area (Å²) in [5.41, 5.74) is 0. The highest BCUT2D eigenvalue weighted by Crippen LogP contribution is 2.12. The van der Waals surface area contributed by atoms with Crippen molar-refractivity contribution in [1.29, 1.82) is 0 Å². The van der Waals surface area contributed by atoms with E-state index in [0.717, 1.165) is 19.4 Å². The Hall–Kier alpha value is -1.15. The number of aryl methyl sites for hydroxylation is 1. The van der Waals surface area contributed by atoms with E-state index in [1.165, 1.54) is 6.42 Å². The molecule has 2 heterocycles. The molecular weight excluding hydrogens is 256 g/mol. The number of sulfonamides is 1. The molecule has 1 aliphatic rings. The zero-order chi connectivity index (χ0) is 13.0. The van der Waals surface area contributed by atoms with Gasteiger partial charge in [-0.2, -0.15) is 0 Å². The van der Waals surface area contributed by atoms with Crippen molar-refractivity contribution in [2.45, 2.75) is 38.6 Å². The van der Waals surface area contributed by atoms with Crippen molar-refractivity contribution in [3.63, 3.8) is 0 Å². The molecule has 1 fully saturated rings. The van der Waals surface area contributed by atoms with Gasteiger partial charge < -0.3 is 9.73 Å². The van der Waals surface area contributed by atoms with Crippen LogP contribution in [-0.4, -0.2) is 37.0 Å². The summed E-state index contributed by atoms with van der Waals surface area (Å²) >= 11 is 0. The van der Waals surface area contributed by atoms with E-state index in [-0.39, 0.29) is 11.8 Å². The van der Waals surface area contributed by atoms with Crippen LogP contribution in [0.3, 0.4) is 0 Å². The molecule has 0 radical (unpaired) electrons. The second-order valence-electron chi connectivity index (χ2n) is 4.48. The van der Waals surface area contributed by atoms with Crippen molar-refractivity contribution in [3.05, 3.63) is 5.89 Å². The molecule has 1 aliphatic heterocycles. The van der Waals surface area contributed by atoms with E-state index >= 15 is 0 Å². The summed E-state index contributed by atoms with van der Waals surface area (Å²) in [5, 5.41) is 10.5. The first-order valence-electron chi connectivity index (χ1n) is 6.09. The van der Waals surface area contributed by atoms with E-state index in [2.05, 4.69) is 20.2 Å². The highest BCUT2D eigenvalue weighted by Gasteiger charge is 2.19. The minimum absolute atomic E-state index is 0.0616. The number of piperidine rings is 1. The Morgan fingerprint density at radius 2 is 2.28 bits per heavy atom. The SMILES string of the molecule is Cc1nnc(NS(=O)(=O)CCC2CCCCN2)o1. The van der Waals surface area contributed by atoms with Gasteiger partial charge in [0.05, 0.1) is 5.75 Å². The summed E-state index contributed by atoms with van der Waals surface area (Å²) in [6.07, 6.45) is 3.97. The van der Waals surface area contributed by atoms with Crippen molar-refractivity contribution < 1.29 is 12.8 Å². The lowest BCUT2D eigenvalue weighted by Crippen LogP contribution is -2.36. The summed E-state index contributed by atoms with van der Waals surface area (Å²) in [4.78, 5) is 0. The predicted octanol–water partition coefficient (Wildman–Crippen LogP) is 0.652. The molecule has 8 heteroatoms. The van der Waals surface area contributed by atoms with E-state index in [0.29, 0.717) is 18.4 Å². The van der Waals surface area contributed by atoms with Crippen molar-refractivity contribution in [3.8, 4) is 0 Å². The number of anilines is 1. The van der Waals surface area contributed by atoms with Crippen LogP contribution in [0.25, 0.3) is 0 Å². The molecule has 2 N–H and O–H groups in total. The summed E-state index contributed by atoms with van der Waals surface area (Å²) < 4.78 is 30.8. The third kappa shape index (κ3) is 3.95.